The second-order valence-electron chi connectivity index (χ2n) is 5.89. The fourth-order valence-corrected chi connectivity index (χ4v) is 2.74. The number of rotatable bonds is 5. The Kier molecular flexibility index (Phi) is 3.49. The van der Waals surface area contributed by atoms with Crippen molar-refractivity contribution in [2.24, 2.45) is 0 Å². The molecule has 6 nitrogen and oxygen atoms in total. The number of nitrogens with one attached hydrogen (secondary N) is 2. The molecule has 1 aliphatic heterocycles. The summed E-state index contributed by atoms with van der Waals surface area (Å²) >= 11 is 0. The maximum atomic E-state index is 13.5. The quantitative estimate of drug-likeness (QED) is 0.888. The molecule has 2 N–H and O–H groups in total. The molecular weight excluding hydrogens is 285 g/mol. The van der Waals surface area contributed by atoms with Crippen LogP contribution in [0, 0.1) is 5.82 Å². The van der Waals surface area contributed by atoms with E-state index in [0.29, 0.717) is 12.5 Å². The van der Waals surface area contributed by atoms with Crippen LogP contribution in [0.25, 0.3) is 0 Å². The number of aromatic nitrogens is 4. The number of halogens is 1. The summed E-state index contributed by atoms with van der Waals surface area (Å²) in [4.78, 5) is 8.51. The van der Waals surface area contributed by atoms with E-state index in [1.807, 2.05) is 0 Å². The Morgan fingerprint density at radius 3 is 3.05 bits per heavy atom. The molecule has 22 heavy (non-hydrogen) atoms. The Bertz CT molecular complexity index is 657. The molecule has 4 rings (SSSR count). The molecule has 3 heterocycles. The molecule has 2 fully saturated rings. The minimum atomic E-state index is -0.346. The van der Waals surface area contributed by atoms with Crippen molar-refractivity contribution in [2.45, 2.75) is 43.8 Å². The van der Waals surface area contributed by atoms with Crippen LogP contribution in [0.2, 0.25) is 0 Å². The number of nitrogens with zero attached hydrogens (tertiary/aromatic N) is 3. The van der Waals surface area contributed by atoms with Gasteiger partial charge in [-0.2, -0.15) is 5.10 Å². The number of H-pyrrole nitrogens is 1. The SMILES string of the molecule is Fc1cccnc1NC[C@H]1CC[C@@H](c2nc(C3CC3)n[nH]2)O1. The van der Waals surface area contributed by atoms with Crippen molar-refractivity contribution in [3.05, 3.63) is 35.8 Å². The van der Waals surface area contributed by atoms with E-state index in [1.165, 1.54) is 18.9 Å². The second kappa shape index (κ2) is 5.64. The minimum Gasteiger partial charge on any atom is -0.365 e. The van der Waals surface area contributed by atoms with E-state index >= 15 is 0 Å². The zero-order chi connectivity index (χ0) is 14.9. The van der Waals surface area contributed by atoms with Gasteiger partial charge in [0.25, 0.3) is 0 Å². The zero-order valence-corrected chi connectivity index (χ0v) is 12.1. The summed E-state index contributed by atoms with van der Waals surface area (Å²) in [6.07, 6.45) is 5.73. The van der Waals surface area contributed by atoms with Crippen LogP contribution >= 0.6 is 0 Å². The van der Waals surface area contributed by atoms with E-state index in [2.05, 4.69) is 25.5 Å². The van der Waals surface area contributed by atoms with Gasteiger partial charge in [0.05, 0.1) is 6.10 Å². The lowest BCUT2D eigenvalue weighted by atomic mass is 10.2. The van der Waals surface area contributed by atoms with Crippen LogP contribution < -0.4 is 5.32 Å². The van der Waals surface area contributed by atoms with Crippen LogP contribution in [0.4, 0.5) is 10.2 Å². The average molecular weight is 303 g/mol. The first-order valence-electron chi connectivity index (χ1n) is 7.71. The third kappa shape index (κ3) is 2.81. The lowest BCUT2D eigenvalue weighted by molar-refractivity contribution is 0.0471. The zero-order valence-electron chi connectivity index (χ0n) is 12.1. The lowest BCUT2D eigenvalue weighted by Crippen LogP contribution is -2.20. The van der Waals surface area contributed by atoms with Crippen molar-refractivity contribution < 1.29 is 9.13 Å². The molecule has 2 atom stereocenters. The highest BCUT2D eigenvalue weighted by molar-refractivity contribution is 5.35. The number of anilines is 1. The normalized spacial score (nSPS) is 24.6. The van der Waals surface area contributed by atoms with Crippen molar-refractivity contribution in [2.75, 3.05) is 11.9 Å². The molecule has 0 radical (unpaired) electrons. The summed E-state index contributed by atoms with van der Waals surface area (Å²) in [7, 11) is 0. The van der Waals surface area contributed by atoms with Crippen LogP contribution in [0.3, 0.4) is 0 Å². The topological polar surface area (TPSA) is 75.7 Å². The maximum Gasteiger partial charge on any atom is 0.165 e. The molecule has 1 aliphatic carbocycles. The largest absolute Gasteiger partial charge is 0.365 e. The van der Waals surface area contributed by atoms with Gasteiger partial charge < -0.3 is 10.1 Å². The molecule has 0 bridgehead atoms. The van der Waals surface area contributed by atoms with Crippen molar-refractivity contribution >= 4 is 5.82 Å². The number of hydrogen-bond acceptors (Lipinski definition) is 5. The average Bonchev–Trinajstić information content (AvgIpc) is 3.08. The van der Waals surface area contributed by atoms with Gasteiger partial charge in [-0.3, -0.25) is 5.10 Å². The van der Waals surface area contributed by atoms with E-state index in [4.69, 9.17) is 4.74 Å². The fraction of sp³-hybridized carbons (Fsp3) is 0.533. The van der Waals surface area contributed by atoms with Crippen LogP contribution in [0.1, 0.15) is 49.4 Å². The van der Waals surface area contributed by atoms with Gasteiger partial charge in [0.1, 0.15) is 6.10 Å². The number of aromatic amines is 1. The van der Waals surface area contributed by atoms with Gasteiger partial charge in [0, 0.05) is 18.7 Å². The molecule has 2 aliphatic rings. The third-order valence-corrected chi connectivity index (χ3v) is 4.13. The Hall–Kier alpha value is -2.02. The number of hydrogen-bond donors (Lipinski definition) is 2. The highest BCUT2D eigenvalue weighted by atomic mass is 19.1. The molecule has 1 saturated carbocycles. The molecule has 1 saturated heterocycles. The smallest absolute Gasteiger partial charge is 0.165 e. The Labute approximate surface area is 127 Å². The van der Waals surface area contributed by atoms with E-state index in [1.54, 1.807) is 12.3 Å². The highest BCUT2D eigenvalue weighted by Crippen LogP contribution is 2.39. The lowest BCUT2D eigenvalue weighted by Gasteiger charge is -2.13. The summed E-state index contributed by atoms with van der Waals surface area (Å²) in [6, 6.07) is 2.96. The molecule has 0 unspecified atom stereocenters. The third-order valence-electron chi connectivity index (χ3n) is 4.13. The second-order valence-corrected chi connectivity index (χ2v) is 5.89. The van der Waals surface area contributed by atoms with Crippen LogP contribution in [-0.4, -0.2) is 32.8 Å². The first-order valence-corrected chi connectivity index (χ1v) is 7.71. The number of ether oxygens (including phenoxy) is 1. The van der Waals surface area contributed by atoms with Gasteiger partial charge in [-0.15, -0.1) is 0 Å². The van der Waals surface area contributed by atoms with E-state index in [9.17, 15) is 4.39 Å². The molecular formula is C15H18FN5O. The first-order chi connectivity index (χ1) is 10.8. The van der Waals surface area contributed by atoms with Gasteiger partial charge >= 0.3 is 0 Å². The monoisotopic (exact) mass is 303 g/mol. The molecule has 0 spiro atoms. The van der Waals surface area contributed by atoms with Gasteiger partial charge in [0.15, 0.2) is 23.3 Å². The summed E-state index contributed by atoms with van der Waals surface area (Å²) in [5, 5.41) is 10.3. The Morgan fingerprint density at radius 2 is 2.23 bits per heavy atom. The van der Waals surface area contributed by atoms with Crippen molar-refractivity contribution in [3.63, 3.8) is 0 Å². The van der Waals surface area contributed by atoms with Crippen molar-refractivity contribution in [3.8, 4) is 0 Å². The van der Waals surface area contributed by atoms with Crippen LogP contribution in [0.15, 0.2) is 18.3 Å². The summed E-state index contributed by atoms with van der Waals surface area (Å²) < 4.78 is 19.5. The molecule has 116 valence electrons. The predicted molar refractivity (Wildman–Crippen MR) is 77.9 cm³/mol. The summed E-state index contributed by atoms with van der Waals surface area (Å²) in [5.41, 5.74) is 0. The Balaban J connectivity index is 1.33. The highest BCUT2D eigenvalue weighted by Gasteiger charge is 2.32. The van der Waals surface area contributed by atoms with E-state index in [-0.39, 0.29) is 23.8 Å². The Morgan fingerprint density at radius 1 is 1.32 bits per heavy atom. The summed E-state index contributed by atoms with van der Waals surface area (Å²) in [6.45, 7) is 0.536. The first kappa shape index (κ1) is 13.6. The summed E-state index contributed by atoms with van der Waals surface area (Å²) in [5.74, 6) is 2.19. The number of pyridine rings is 1. The molecule has 7 heteroatoms. The molecule has 2 aromatic rings. The van der Waals surface area contributed by atoms with Gasteiger partial charge in [-0.25, -0.2) is 14.4 Å². The standard InChI is InChI=1S/C15H18FN5O/c16-11-2-1-7-17-14(11)18-8-10-5-6-12(22-10)15-19-13(20-21-15)9-3-4-9/h1-2,7,9-10,12H,3-6,8H2,(H,17,18)(H,19,20,21)/t10-,12+/m1/s1. The van der Waals surface area contributed by atoms with E-state index in [0.717, 1.165) is 24.5 Å². The molecule has 0 amide bonds. The van der Waals surface area contributed by atoms with Gasteiger partial charge in [-0.05, 0) is 37.8 Å². The minimum absolute atomic E-state index is 0.0286. The van der Waals surface area contributed by atoms with Gasteiger partial charge in [-0.1, -0.05) is 0 Å². The fourth-order valence-electron chi connectivity index (χ4n) is 2.74. The molecule has 0 aromatic carbocycles. The maximum absolute atomic E-state index is 13.5. The molecule has 2 aromatic heterocycles. The predicted octanol–water partition coefficient (Wildman–Crippen LogP) is 2.55. The van der Waals surface area contributed by atoms with Crippen molar-refractivity contribution in [1.29, 1.82) is 0 Å². The van der Waals surface area contributed by atoms with Crippen molar-refractivity contribution in [1.82, 2.24) is 20.2 Å². The van der Waals surface area contributed by atoms with Gasteiger partial charge in [0.2, 0.25) is 0 Å². The van der Waals surface area contributed by atoms with E-state index < -0.39 is 0 Å². The van der Waals surface area contributed by atoms with Crippen LogP contribution in [-0.2, 0) is 4.74 Å². The van der Waals surface area contributed by atoms with Crippen LogP contribution in [0.5, 0.6) is 0 Å².